The summed E-state index contributed by atoms with van der Waals surface area (Å²) in [5.41, 5.74) is 3.27. The third-order valence-corrected chi connectivity index (χ3v) is 3.15. The van der Waals surface area contributed by atoms with Crippen LogP contribution in [0.5, 0.6) is 0 Å². The number of H-pyrrole nitrogens is 1. The predicted molar refractivity (Wildman–Crippen MR) is 66.4 cm³/mol. The van der Waals surface area contributed by atoms with E-state index in [1.54, 1.807) is 0 Å². The van der Waals surface area contributed by atoms with Gasteiger partial charge in [0.15, 0.2) is 0 Å². The van der Waals surface area contributed by atoms with Crippen LogP contribution in [-0.4, -0.2) is 22.6 Å². The van der Waals surface area contributed by atoms with Crippen molar-refractivity contribution in [2.75, 3.05) is 7.05 Å². The summed E-state index contributed by atoms with van der Waals surface area (Å²) in [7, 11) is 1.94. The number of hydrogen-bond donors (Lipinski definition) is 2. The molecule has 1 aromatic heterocycles. The lowest BCUT2D eigenvalue weighted by Gasteiger charge is -2.22. The van der Waals surface area contributed by atoms with Crippen molar-refractivity contribution in [1.82, 2.24) is 14.9 Å². The molecule has 2 aromatic rings. The molecule has 0 bridgehead atoms. The number of halogens is 1. The SMILES string of the molecule is CN[C@@H]1Cc2cccc3[nH]c(=O)n(c23)C1.Cl. The minimum atomic E-state index is -0.00241. The van der Waals surface area contributed by atoms with Gasteiger partial charge >= 0.3 is 5.69 Å². The number of aromatic amines is 1. The molecule has 0 spiro atoms. The lowest BCUT2D eigenvalue weighted by atomic mass is 10.0. The van der Waals surface area contributed by atoms with Crippen molar-refractivity contribution >= 4 is 23.4 Å². The normalized spacial score (nSPS) is 18.4. The first-order chi connectivity index (χ1) is 7.29. The van der Waals surface area contributed by atoms with E-state index in [1.807, 2.05) is 23.7 Å². The summed E-state index contributed by atoms with van der Waals surface area (Å²) in [5, 5.41) is 3.23. The van der Waals surface area contributed by atoms with Gasteiger partial charge in [0.1, 0.15) is 0 Å². The Kier molecular flexibility index (Phi) is 2.78. The van der Waals surface area contributed by atoms with Crippen molar-refractivity contribution < 1.29 is 0 Å². The number of nitrogens with zero attached hydrogens (tertiary/aromatic N) is 1. The van der Waals surface area contributed by atoms with Crippen LogP contribution in [0.15, 0.2) is 23.0 Å². The van der Waals surface area contributed by atoms with Crippen LogP contribution in [0.2, 0.25) is 0 Å². The van der Waals surface area contributed by atoms with Crippen molar-refractivity contribution in [1.29, 1.82) is 0 Å². The van der Waals surface area contributed by atoms with Gasteiger partial charge in [-0.2, -0.15) is 0 Å². The number of imidazole rings is 1. The van der Waals surface area contributed by atoms with Gasteiger partial charge in [0, 0.05) is 12.6 Å². The third kappa shape index (κ3) is 1.45. The molecule has 5 heteroatoms. The first-order valence-corrected chi connectivity index (χ1v) is 5.17. The lowest BCUT2D eigenvalue weighted by molar-refractivity contribution is 0.463. The minimum absolute atomic E-state index is 0. The Morgan fingerprint density at radius 3 is 3.06 bits per heavy atom. The highest BCUT2D eigenvalue weighted by molar-refractivity contribution is 5.85. The second kappa shape index (κ2) is 3.96. The molecule has 1 aliphatic rings. The molecule has 0 saturated heterocycles. The summed E-state index contributed by atoms with van der Waals surface area (Å²) >= 11 is 0. The van der Waals surface area contributed by atoms with Crippen LogP contribution in [0, 0.1) is 0 Å². The Morgan fingerprint density at radius 1 is 1.50 bits per heavy atom. The van der Waals surface area contributed by atoms with Crippen LogP contribution in [0.25, 0.3) is 11.0 Å². The maximum absolute atomic E-state index is 11.7. The molecule has 0 aliphatic carbocycles. The fourth-order valence-electron chi connectivity index (χ4n) is 2.38. The van der Waals surface area contributed by atoms with E-state index in [4.69, 9.17) is 0 Å². The minimum Gasteiger partial charge on any atom is -0.315 e. The largest absolute Gasteiger partial charge is 0.326 e. The molecule has 3 rings (SSSR count). The standard InChI is InChI=1S/C11H13N3O.ClH/c1-12-8-5-7-3-2-4-9-10(7)14(6-8)11(15)13-9;/h2-4,8,12H,5-6H2,1H3,(H,13,15);1H/t8-;/m1./s1. The van der Waals surface area contributed by atoms with E-state index in [0.717, 1.165) is 24.0 Å². The van der Waals surface area contributed by atoms with E-state index in [1.165, 1.54) is 5.56 Å². The Bertz CT molecular complexity index is 572. The first kappa shape index (κ1) is 11.2. The number of rotatable bonds is 1. The summed E-state index contributed by atoms with van der Waals surface area (Å²) in [6.45, 7) is 0.756. The predicted octanol–water partition coefficient (Wildman–Crippen LogP) is 0.895. The van der Waals surface area contributed by atoms with Gasteiger partial charge in [-0.25, -0.2) is 4.79 Å². The van der Waals surface area contributed by atoms with Gasteiger partial charge in [0.2, 0.25) is 0 Å². The number of para-hydroxylation sites is 1. The van der Waals surface area contributed by atoms with Gasteiger partial charge < -0.3 is 10.3 Å². The molecule has 16 heavy (non-hydrogen) atoms. The van der Waals surface area contributed by atoms with E-state index in [-0.39, 0.29) is 18.1 Å². The molecule has 86 valence electrons. The summed E-state index contributed by atoms with van der Waals surface area (Å²) in [5.74, 6) is 0. The molecule has 0 amide bonds. The first-order valence-electron chi connectivity index (χ1n) is 5.17. The van der Waals surface area contributed by atoms with E-state index in [2.05, 4.69) is 16.4 Å². The van der Waals surface area contributed by atoms with Gasteiger partial charge in [-0.3, -0.25) is 4.57 Å². The topological polar surface area (TPSA) is 49.8 Å². The van der Waals surface area contributed by atoms with Gasteiger partial charge in [-0.15, -0.1) is 12.4 Å². The molecular formula is C11H14ClN3O. The molecule has 4 nitrogen and oxygen atoms in total. The van der Waals surface area contributed by atoms with Gasteiger partial charge in [0.25, 0.3) is 0 Å². The van der Waals surface area contributed by atoms with Gasteiger partial charge in [-0.05, 0) is 25.1 Å². The number of aromatic nitrogens is 2. The fraction of sp³-hybridized carbons (Fsp3) is 0.364. The Hall–Kier alpha value is -1.26. The molecule has 0 radical (unpaired) electrons. The summed E-state index contributed by atoms with van der Waals surface area (Å²) in [6.07, 6.45) is 0.991. The highest BCUT2D eigenvalue weighted by atomic mass is 35.5. The number of hydrogen-bond acceptors (Lipinski definition) is 2. The lowest BCUT2D eigenvalue weighted by Crippen LogP contribution is -2.38. The van der Waals surface area contributed by atoms with Crippen LogP contribution < -0.4 is 11.0 Å². The quantitative estimate of drug-likeness (QED) is 0.777. The third-order valence-electron chi connectivity index (χ3n) is 3.15. The zero-order valence-electron chi connectivity index (χ0n) is 8.99. The van der Waals surface area contributed by atoms with Crippen LogP contribution >= 0.6 is 12.4 Å². The zero-order valence-corrected chi connectivity index (χ0v) is 9.80. The van der Waals surface area contributed by atoms with Crippen molar-refractivity contribution in [3.8, 4) is 0 Å². The number of nitrogens with one attached hydrogen (secondary N) is 2. The van der Waals surface area contributed by atoms with Crippen LogP contribution in [-0.2, 0) is 13.0 Å². The molecular weight excluding hydrogens is 226 g/mol. The monoisotopic (exact) mass is 239 g/mol. The van der Waals surface area contributed by atoms with E-state index in [9.17, 15) is 4.79 Å². The Balaban J connectivity index is 0.000000963. The maximum Gasteiger partial charge on any atom is 0.326 e. The highest BCUT2D eigenvalue weighted by Gasteiger charge is 2.21. The Labute approximate surface area is 99.1 Å². The van der Waals surface area contributed by atoms with Gasteiger partial charge in [0.05, 0.1) is 11.0 Å². The van der Waals surface area contributed by atoms with Crippen LogP contribution in [0.3, 0.4) is 0 Å². The van der Waals surface area contributed by atoms with Gasteiger partial charge in [-0.1, -0.05) is 12.1 Å². The highest BCUT2D eigenvalue weighted by Crippen LogP contribution is 2.22. The van der Waals surface area contributed by atoms with Crippen molar-refractivity contribution in [3.05, 3.63) is 34.2 Å². The molecule has 2 heterocycles. The summed E-state index contributed by atoms with van der Waals surface area (Å²) < 4.78 is 1.83. The average Bonchev–Trinajstić information content (AvgIpc) is 2.58. The summed E-state index contributed by atoms with van der Waals surface area (Å²) in [4.78, 5) is 14.6. The average molecular weight is 240 g/mol. The van der Waals surface area contributed by atoms with Crippen LogP contribution in [0.1, 0.15) is 5.56 Å². The zero-order chi connectivity index (χ0) is 10.4. The number of likely N-dealkylation sites (N-methyl/N-ethyl adjacent to an activating group) is 1. The fourth-order valence-corrected chi connectivity index (χ4v) is 2.38. The number of benzene rings is 1. The molecule has 1 aromatic carbocycles. The van der Waals surface area contributed by atoms with E-state index < -0.39 is 0 Å². The second-order valence-electron chi connectivity index (χ2n) is 4.04. The van der Waals surface area contributed by atoms with Crippen molar-refractivity contribution in [3.63, 3.8) is 0 Å². The molecule has 1 aliphatic heterocycles. The molecule has 2 N–H and O–H groups in total. The van der Waals surface area contributed by atoms with E-state index >= 15 is 0 Å². The second-order valence-corrected chi connectivity index (χ2v) is 4.04. The smallest absolute Gasteiger partial charge is 0.315 e. The molecule has 1 atom stereocenters. The molecule has 0 unspecified atom stereocenters. The van der Waals surface area contributed by atoms with Crippen molar-refractivity contribution in [2.45, 2.75) is 19.0 Å². The molecule has 0 saturated carbocycles. The maximum atomic E-state index is 11.7. The Morgan fingerprint density at radius 2 is 2.31 bits per heavy atom. The van der Waals surface area contributed by atoms with Crippen molar-refractivity contribution in [2.24, 2.45) is 0 Å². The molecule has 0 fully saturated rings. The van der Waals surface area contributed by atoms with Crippen LogP contribution in [0.4, 0.5) is 0 Å². The summed E-state index contributed by atoms with van der Waals surface area (Å²) in [6, 6.07) is 6.40. The van der Waals surface area contributed by atoms with E-state index in [0.29, 0.717) is 6.04 Å².